The predicted molar refractivity (Wildman–Crippen MR) is 85.8 cm³/mol. The molecule has 0 saturated carbocycles. The fourth-order valence-corrected chi connectivity index (χ4v) is 2.89. The number of carbonyl (C=O) groups is 1. The first-order valence-corrected chi connectivity index (χ1v) is 8.06. The van der Waals surface area contributed by atoms with Gasteiger partial charge in [-0.3, -0.25) is 4.79 Å². The van der Waals surface area contributed by atoms with Crippen molar-refractivity contribution >= 4 is 5.91 Å². The molecule has 1 aromatic heterocycles. The Morgan fingerprint density at radius 3 is 2.96 bits per heavy atom. The molecule has 1 saturated heterocycles. The zero-order valence-electron chi connectivity index (χ0n) is 13.2. The van der Waals surface area contributed by atoms with Crippen molar-refractivity contribution in [3.63, 3.8) is 0 Å². The lowest BCUT2D eigenvalue weighted by molar-refractivity contribution is -0.137. The van der Waals surface area contributed by atoms with Gasteiger partial charge in [-0.05, 0) is 24.8 Å². The number of ether oxygens (including phenoxy) is 1. The van der Waals surface area contributed by atoms with Crippen LogP contribution in [-0.4, -0.2) is 51.9 Å². The molecule has 0 N–H and O–H groups in total. The molecular formula is C17H22N4O2. The number of carbonyl (C=O) groups excluding carboxylic acids is 1. The highest BCUT2D eigenvalue weighted by Gasteiger charge is 2.25. The zero-order valence-corrected chi connectivity index (χ0v) is 13.2. The van der Waals surface area contributed by atoms with Gasteiger partial charge in [0.25, 0.3) is 0 Å². The summed E-state index contributed by atoms with van der Waals surface area (Å²) in [7, 11) is 0. The van der Waals surface area contributed by atoms with Crippen LogP contribution in [0.25, 0.3) is 0 Å². The van der Waals surface area contributed by atoms with E-state index in [1.54, 1.807) is 6.33 Å². The minimum atomic E-state index is 0.0582. The molecule has 1 aliphatic heterocycles. The number of hydrogen-bond acceptors (Lipinski definition) is 4. The fraction of sp³-hybridized carbons (Fsp3) is 0.471. The van der Waals surface area contributed by atoms with Crippen LogP contribution >= 0.6 is 0 Å². The SMILES string of the molecule is O=C(COCCc1ccccc1)N1CCC[C@H](n2cncn2)C1. The van der Waals surface area contributed by atoms with Gasteiger partial charge < -0.3 is 9.64 Å². The Balaban J connectivity index is 1.41. The lowest BCUT2D eigenvalue weighted by atomic mass is 10.1. The number of likely N-dealkylation sites (tertiary alicyclic amines) is 1. The standard InChI is InChI=1S/C17H22N4O2/c22-17(12-23-10-8-15-5-2-1-3-6-15)20-9-4-7-16(11-20)21-14-18-13-19-21/h1-3,5-6,13-14,16H,4,7-12H2/t16-/m0/s1. The van der Waals surface area contributed by atoms with Crippen LogP contribution in [0.15, 0.2) is 43.0 Å². The van der Waals surface area contributed by atoms with Crippen molar-refractivity contribution in [3.8, 4) is 0 Å². The van der Waals surface area contributed by atoms with Crippen molar-refractivity contribution in [2.75, 3.05) is 26.3 Å². The zero-order chi connectivity index (χ0) is 15.9. The maximum Gasteiger partial charge on any atom is 0.248 e. The Kier molecular flexibility index (Phi) is 5.37. The van der Waals surface area contributed by atoms with Crippen LogP contribution in [0.1, 0.15) is 24.4 Å². The van der Waals surface area contributed by atoms with Crippen LogP contribution < -0.4 is 0 Å². The van der Waals surface area contributed by atoms with Gasteiger partial charge in [0.1, 0.15) is 19.3 Å². The average molecular weight is 314 g/mol. The Labute approximate surface area is 136 Å². The highest BCUT2D eigenvalue weighted by atomic mass is 16.5. The Bertz CT molecular complexity index is 600. The summed E-state index contributed by atoms with van der Waals surface area (Å²) in [6.45, 7) is 2.20. The molecule has 0 aliphatic carbocycles. The predicted octanol–water partition coefficient (Wildman–Crippen LogP) is 1.70. The Morgan fingerprint density at radius 1 is 1.30 bits per heavy atom. The molecule has 1 aromatic carbocycles. The van der Waals surface area contributed by atoms with E-state index in [9.17, 15) is 4.79 Å². The van der Waals surface area contributed by atoms with Crippen molar-refractivity contribution in [1.29, 1.82) is 0 Å². The second-order valence-corrected chi connectivity index (χ2v) is 5.80. The summed E-state index contributed by atoms with van der Waals surface area (Å²) in [6, 6.07) is 10.4. The van der Waals surface area contributed by atoms with E-state index in [-0.39, 0.29) is 18.6 Å². The van der Waals surface area contributed by atoms with E-state index < -0.39 is 0 Å². The second kappa shape index (κ2) is 7.87. The van der Waals surface area contributed by atoms with E-state index in [1.165, 1.54) is 11.9 Å². The maximum absolute atomic E-state index is 12.3. The highest BCUT2D eigenvalue weighted by Crippen LogP contribution is 2.20. The molecule has 6 heteroatoms. The van der Waals surface area contributed by atoms with Crippen molar-refractivity contribution in [3.05, 3.63) is 48.5 Å². The van der Waals surface area contributed by atoms with Crippen molar-refractivity contribution in [1.82, 2.24) is 19.7 Å². The lowest BCUT2D eigenvalue weighted by Gasteiger charge is -2.32. The first-order valence-electron chi connectivity index (χ1n) is 8.06. The van der Waals surface area contributed by atoms with E-state index in [0.717, 1.165) is 25.8 Å². The third kappa shape index (κ3) is 4.39. The van der Waals surface area contributed by atoms with Crippen molar-refractivity contribution in [2.45, 2.75) is 25.3 Å². The highest BCUT2D eigenvalue weighted by molar-refractivity contribution is 5.77. The number of benzene rings is 1. The molecular weight excluding hydrogens is 292 g/mol. The Hall–Kier alpha value is -2.21. The van der Waals surface area contributed by atoms with Crippen LogP contribution in [0, 0.1) is 0 Å². The molecule has 23 heavy (non-hydrogen) atoms. The number of rotatable bonds is 6. The lowest BCUT2D eigenvalue weighted by Crippen LogP contribution is -2.42. The minimum Gasteiger partial charge on any atom is -0.371 e. The molecule has 1 amide bonds. The van der Waals surface area contributed by atoms with Gasteiger partial charge in [-0.2, -0.15) is 5.10 Å². The van der Waals surface area contributed by atoms with Gasteiger partial charge in [0, 0.05) is 13.1 Å². The van der Waals surface area contributed by atoms with E-state index in [0.29, 0.717) is 13.2 Å². The molecule has 0 spiro atoms. The summed E-state index contributed by atoms with van der Waals surface area (Å²) in [5.41, 5.74) is 1.23. The summed E-state index contributed by atoms with van der Waals surface area (Å²) in [5.74, 6) is 0.0582. The molecule has 1 aliphatic rings. The van der Waals surface area contributed by atoms with Gasteiger partial charge in [0.15, 0.2) is 0 Å². The number of amides is 1. The normalized spacial score (nSPS) is 18.1. The number of piperidine rings is 1. The molecule has 0 unspecified atom stereocenters. The molecule has 2 aromatic rings. The first kappa shape index (κ1) is 15.7. The summed E-state index contributed by atoms with van der Waals surface area (Å²) < 4.78 is 7.40. The molecule has 2 heterocycles. The number of hydrogen-bond donors (Lipinski definition) is 0. The summed E-state index contributed by atoms with van der Waals surface area (Å²) in [5, 5.41) is 4.18. The first-order chi connectivity index (χ1) is 11.3. The summed E-state index contributed by atoms with van der Waals surface area (Å²) in [4.78, 5) is 18.1. The molecule has 1 atom stereocenters. The third-order valence-electron chi connectivity index (χ3n) is 4.16. The number of aromatic nitrogens is 3. The van der Waals surface area contributed by atoms with Crippen molar-refractivity contribution in [2.24, 2.45) is 0 Å². The van der Waals surface area contributed by atoms with Gasteiger partial charge >= 0.3 is 0 Å². The van der Waals surface area contributed by atoms with Crippen LogP contribution in [-0.2, 0) is 16.0 Å². The fourth-order valence-electron chi connectivity index (χ4n) is 2.89. The molecule has 0 bridgehead atoms. The summed E-state index contributed by atoms with van der Waals surface area (Å²) in [6.07, 6.45) is 6.10. The van der Waals surface area contributed by atoms with Crippen LogP contribution in [0.3, 0.4) is 0 Å². The summed E-state index contributed by atoms with van der Waals surface area (Å²) >= 11 is 0. The molecule has 0 radical (unpaired) electrons. The van der Waals surface area contributed by atoms with Gasteiger partial charge in [0.2, 0.25) is 5.91 Å². The van der Waals surface area contributed by atoms with E-state index in [4.69, 9.17) is 4.74 Å². The van der Waals surface area contributed by atoms with Crippen molar-refractivity contribution < 1.29 is 9.53 Å². The molecule has 6 nitrogen and oxygen atoms in total. The smallest absolute Gasteiger partial charge is 0.248 e. The quantitative estimate of drug-likeness (QED) is 0.762. The van der Waals surface area contributed by atoms with E-state index in [2.05, 4.69) is 22.2 Å². The van der Waals surface area contributed by atoms with Crippen LogP contribution in [0.2, 0.25) is 0 Å². The second-order valence-electron chi connectivity index (χ2n) is 5.80. The van der Waals surface area contributed by atoms with Crippen LogP contribution in [0.5, 0.6) is 0 Å². The average Bonchev–Trinajstić information content (AvgIpc) is 3.14. The van der Waals surface area contributed by atoms with E-state index in [1.807, 2.05) is 27.8 Å². The molecule has 3 rings (SSSR count). The van der Waals surface area contributed by atoms with Crippen LogP contribution in [0.4, 0.5) is 0 Å². The third-order valence-corrected chi connectivity index (χ3v) is 4.16. The van der Waals surface area contributed by atoms with E-state index >= 15 is 0 Å². The monoisotopic (exact) mass is 314 g/mol. The van der Waals surface area contributed by atoms with Gasteiger partial charge in [-0.25, -0.2) is 9.67 Å². The van der Waals surface area contributed by atoms with Gasteiger partial charge in [0.05, 0.1) is 12.6 Å². The maximum atomic E-state index is 12.3. The largest absolute Gasteiger partial charge is 0.371 e. The van der Waals surface area contributed by atoms with Gasteiger partial charge in [-0.1, -0.05) is 30.3 Å². The minimum absolute atomic E-state index is 0.0582. The van der Waals surface area contributed by atoms with Gasteiger partial charge in [-0.15, -0.1) is 0 Å². The molecule has 122 valence electrons. The molecule has 1 fully saturated rings. The Morgan fingerprint density at radius 2 is 2.17 bits per heavy atom. The topological polar surface area (TPSA) is 60.2 Å². The number of nitrogens with zero attached hydrogens (tertiary/aromatic N) is 4.